The Morgan fingerprint density at radius 1 is 1.53 bits per heavy atom. The van der Waals surface area contributed by atoms with Crippen molar-refractivity contribution in [2.75, 3.05) is 33.2 Å². The van der Waals surface area contributed by atoms with E-state index in [1.165, 1.54) is 31.5 Å². The molecule has 2 heterocycles. The molecule has 2 rings (SSSR count). The van der Waals surface area contributed by atoms with Gasteiger partial charge in [-0.1, -0.05) is 17.7 Å². The molecule has 1 aromatic heterocycles. The van der Waals surface area contributed by atoms with E-state index in [-0.39, 0.29) is 0 Å². The molecule has 0 aromatic carbocycles. The molecular formula is C13H20ClN3. The molecule has 0 amide bonds. The average molecular weight is 254 g/mol. The minimum Gasteiger partial charge on any atom is -0.320 e. The fourth-order valence-corrected chi connectivity index (χ4v) is 2.53. The number of rotatable bonds is 5. The van der Waals surface area contributed by atoms with Gasteiger partial charge in [0.2, 0.25) is 0 Å². The van der Waals surface area contributed by atoms with Crippen LogP contribution in [0.5, 0.6) is 0 Å². The van der Waals surface area contributed by atoms with Gasteiger partial charge in [0, 0.05) is 12.7 Å². The molecule has 1 atom stereocenters. The third-order valence-corrected chi connectivity index (χ3v) is 3.62. The molecule has 3 nitrogen and oxygen atoms in total. The summed E-state index contributed by atoms with van der Waals surface area (Å²) in [4.78, 5) is 6.70. The molecule has 1 aromatic rings. The Balaban J connectivity index is 1.83. The van der Waals surface area contributed by atoms with E-state index in [9.17, 15) is 0 Å². The lowest BCUT2D eigenvalue weighted by atomic mass is 10.0. The summed E-state index contributed by atoms with van der Waals surface area (Å²) in [6.45, 7) is 4.66. The van der Waals surface area contributed by atoms with Crippen LogP contribution >= 0.6 is 11.6 Å². The summed E-state index contributed by atoms with van der Waals surface area (Å²) in [5.41, 5.74) is 1.32. The maximum atomic E-state index is 5.80. The van der Waals surface area contributed by atoms with Crippen LogP contribution < -0.4 is 5.32 Å². The van der Waals surface area contributed by atoms with Crippen molar-refractivity contribution in [3.8, 4) is 0 Å². The molecule has 94 valence electrons. The monoisotopic (exact) mass is 253 g/mol. The van der Waals surface area contributed by atoms with Crippen molar-refractivity contribution in [2.24, 2.45) is 0 Å². The van der Waals surface area contributed by atoms with Crippen molar-refractivity contribution in [3.63, 3.8) is 0 Å². The highest BCUT2D eigenvalue weighted by molar-refractivity contribution is 6.29. The summed E-state index contributed by atoms with van der Waals surface area (Å²) in [6.07, 6.45) is 4.38. The number of nitrogens with zero attached hydrogens (tertiary/aromatic N) is 2. The van der Waals surface area contributed by atoms with E-state index in [0.717, 1.165) is 13.1 Å². The lowest BCUT2D eigenvalue weighted by Gasteiger charge is -2.15. The molecule has 0 aliphatic carbocycles. The highest BCUT2D eigenvalue weighted by Gasteiger charge is 2.23. The number of aromatic nitrogens is 1. The molecule has 1 fully saturated rings. The normalized spacial score (nSPS) is 20.9. The zero-order chi connectivity index (χ0) is 12.1. The highest BCUT2D eigenvalue weighted by Crippen LogP contribution is 2.27. The second kappa shape index (κ2) is 6.34. The van der Waals surface area contributed by atoms with Gasteiger partial charge in [0.1, 0.15) is 5.15 Å². The predicted molar refractivity (Wildman–Crippen MR) is 71.6 cm³/mol. The summed E-state index contributed by atoms with van der Waals surface area (Å²) in [7, 11) is 2.01. The van der Waals surface area contributed by atoms with E-state index in [4.69, 9.17) is 11.6 Å². The Hall–Kier alpha value is -0.640. The van der Waals surface area contributed by atoms with Gasteiger partial charge in [-0.3, -0.25) is 0 Å². The van der Waals surface area contributed by atoms with Crippen molar-refractivity contribution in [1.29, 1.82) is 0 Å². The first-order valence-electron chi connectivity index (χ1n) is 6.28. The maximum Gasteiger partial charge on any atom is 0.129 e. The van der Waals surface area contributed by atoms with Gasteiger partial charge in [-0.05, 0) is 57.1 Å². The Morgan fingerprint density at radius 3 is 3.12 bits per heavy atom. The van der Waals surface area contributed by atoms with E-state index in [1.54, 1.807) is 0 Å². The van der Waals surface area contributed by atoms with Crippen LogP contribution in [-0.4, -0.2) is 43.1 Å². The fraction of sp³-hybridized carbons (Fsp3) is 0.615. The van der Waals surface area contributed by atoms with Gasteiger partial charge in [-0.2, -0.15) is 0 Å². The second-order valence-corrected chi connectivity index (χ2v) is 5.04. The van der Waals surface area contributed by atoms with Gasteiger partial charge < -0.3 is 10.2 Å². The summed E-state index contributed by atoms with van der Waals surface area (Å²) in [6, 6.07) is 4.00. The summed E-state index contributed by atoms with van der Waals surface area (Å²) in [5.74, 6) is 0.634. The average Bonchev–Trinajstić information content (AvgIpc) is 2.79. The molecule has 17 heavy (non-hydrogen) atoms. The first kappa shape index (κ1) is 12.8. The lowest BCUT2D eigenvalue weighted by molar-refractivity contribution is 0.328. The minimum absolute atomic E-state index is 0.581. The summed E-state index contributed by atoms with van der Waals surface area (Å²) >= 11 is 5.80. The Labute approximate surface area is 108 Å². The van der Waals surface area contributed by atoms with E-state index in [0.29, 0.717) is 11.1 Å². The van der Waals surface area contributed by atoms with Gasteiger partial charge in [-0.25, -0.2) is 4.98 Å². The molecule has 1 aliphatic heterocycles. The smallest absolute Gasteiger partial charge is 0.129 e. The van der Waals surface area contributed by atoms with Gasteiger partial charge >= 0.3 is 0 Å². The van der Waals surface area contributed by atoms with Gasteiger partial charge in [0.25, 0.3) is 0 Å². The second-order valence-electron chi connectivity index (χ2n) is 4.66. The standard InChI is InChI=1S/C13H20ClN3/c1-15-6-2-7-17-8-5-12(10-17)11-3-4-13(14)16-9-11/h3-4,9,12,15H,2,5-8,10H2,1H3/t12-/m0/s1. The van der Waals surface area contributed by atoms with Crippen LogP contribution in [0.3, 0.4) is 0 Å². The Kier molecular flexibility index (Phi) is 4.77. The van der Waals surface area contributed by atoms with Crippen molar-refractivity contribution in [2.45, 2.75) is 18.8 Å². The van der Waals surface area contributed by atoms with E-state index in [1.807, 2.05) is 19.3 Å². The maximum absolute atomic E-state index is 5.80. The number of halogens is 1. The summed E-state index contributed by atoms with van der Waals surface area (Å²) in [5, 5.41) is 3.77. The lowest BCUT2D eigenvalue weighted by Crippen LogP contribution is -2.24. The number of pyridine rings is 1. The van der Waals surface area contributed by atoms with Crippen LogP contribution in [0.25, 0.3) is 0 Å². The zero-order valence-electron chi connectivity index (χ0n) is 10.3. The minimum atomic E-state index is 0.581. The van der Waals surface area contributed by atoms with E-state index < -0.39 is 0 Å². The third-order valence-electron chi connectivity index (χ3n) is 3.40. The zero-order valence-corrected chi connectivity index (χ0v) is 11.1. The third kappa shape index (κ3) is 3.66. The van der Waals surface area contributed by atoms with Crippen LogP contribution in [0.1, 0.15) is 24.3 Å². The van der Waals surface area contributed by atoms with Crippen molar-refractivity contribution < 1.29 is 0 Å². The van der Waals surface area contributed by atoms with Crippen LogP contribution in [-0.2, 0) is 0 Å². The molecule has 0 bridgehead atoms. The molecule has 1 aliphatic rings. The number of nitrogens with one attached hydrogen (secondary N) is 1. The van der Waals surface area contributed by atoms with Crippen LogP contribution in [0, 0.1) is 0 Å². The molecular weight excluding hydrogens is 234 g/mol. The molecule has 0 spiro atoms. The number of hydrogen-bond donors (Lipinski definition) is 1. The van der Waals surface area contributed by atoms with Crippen molar-refractivity contribution in [1.82, 2.24) is 15.2 Å². The van der Waals surface area contributed by atoms with Crippen molar-refractivity contribution in [3.05, 3.63) is 29.0 Å². The number of hydrogen-bond acceptors (Lipinski definition) is 3. The summed E-state index contributed by atoms with van der Waals surface area (Å²) < 4.78 is 0. The topological polar surface area (TPSA) is 28.2 Å². The molecule has 0 radical (unpaired) electrons. The predicted octanol–water partition coefficient (Wildman–Crippen LogP) is 2.13. The Morgan fingerprint density at radius 2 is 2.41 bits per heavy atom. The van der Waals surface area contributed by atoms with Crippen molar-refractivity contribution >= 4 is 11.6 Å². The first-order valence-corrected chi connectivity index (χ1v) is 6.66. The fourth-order valence-electron chi connectivity index (χ4n) is 2.42. The number of likely N-dealkylation sites (tertiary alicyclic amines) is 1. The van der Waals surface area contributed by atoms with E-state index >= 15 is 0 Å². The quantitative estimate of drug-likeness (QED) is 0.644. The molecule has 1 N–H and O–H groups in total. The van der Waals surface area contributed by atoms with Gasteiger partial charge in [0.05, 0.1) is 0 Å². The molecule has 1 saturated heterocycles. The van der Waals surface area contributed by atoms with Crippen LogP contribution in [0.2, 0.25) is 5.15 Å². The van der Waals surface area contributed by atoms with Crippen LogP contribution in [0.4, 0.5) is 0 Å². The van der Waals surface area contributed by atoms with E-state index in [2.05, 4.69) is 21.3 Å². The molecule has 0 unspecified atom stereocenters. The van der Waals surface area contributed by atoms with Gasteiger partial charge in [-0.15, -0.1) is 0 Å². The largest absolute Gasteiger partial charge is 0.320 e. The molecule has 0 saturated carbocycles. The van der Waals surface area contributed by atoms with Gasteiger partial charge in [0.15, 0.2) is 0 Å². The molecule has 4 heteroatoms. The Bertz CT molecular complexity index is 339. The SMILES string of the molecule is CNCCCN1CC[C@H](c2ccc(Cl)nc2)C1. The first-order chi connectivity index (χ1) is 8.29. The van der Waals surface area contributed by atoms with Crippen LogP contribution in [0.15, 0.2) is 18.3 Å². The highest BCUT2D eigenvalue weighted by atomic mass is 35.5.